The van der Waals surface area contributed by atoms with Crippen LogP contribution < -0.4 is 0 Å². The average Bonchev–Trinajstić information content (AvgIpc) is 2.00. The molecule has 0 aliphatic carbocycles. The molecule has 0 radical (unpaired) electrons. The van der Waals surface area contributed by atoms with E-state index >= 15 is 0 Å². The van der Waals surface area contributed by atoms with Crippen LogP contribution in [-0.4, -0.2) is 23.7 Å². The fourth-order valence-electron chi connectivity index (χ4n) is 1.26. The molecule has 68 valence electrons. The van der Waals surface area contributed by atoms with E-state index < -0.39 is 0 Å². The molecule has 0 spiro atoms. The van der Waals surface area contributed by atoms with Crippen molar-refractivity contribution in [2.45, 2.75) is 33.6 Å². The molecule has 0 aromatic rings. The highest BCUT2D eigenvalue weighted by Gasteiger charge is 2.24. The molecule has 0 N–H and O–H groups in total. The van der Waals surface area contributed by atoms with E-state index in [-0.39, 0.29) is 0 Å². The Morgan fingerprint density at radius 3 is 2.27 bits per heavy atom. The fourth-order valence-corrected chi connectivity index (χ4v) is 1.98. The van der Waals surface area contributed by atoms with Crippen molar-refractivity contribution in [2.24, 2.45) is 5.92 Å². The van der Waals surface area contributed by atoms with Gasteiger partial charge in [-0.3, -0.25) is 4.31 Å². The second-order valence-corrected chi connectivity index (χ2v) is 3.57. The van der Waals surface area contributed by atoms with E-state index in [9.17, 15) is 0 Å². The van der Waals surface area contributed by atoms with Crippen LogP contribution in [0.1, 0.15) is 33.6 Å². The zero-order valence-electron chi connectivity index (χ0n) is 8.26. The average molecular weight is 175 g/mol. The topological polar surface area (TPSA) is 3.24 Å². The Kier molecular flexibility index (Phi) is 7.18. The zero-order valence-corrected chi connectivity index (χ0v) is 9.08. The van der Waals surface area contributed by atoms with Crippen LogP contribution in [0, 0.1) is 5.92 Å². The summed E-state index contributed by atoms with van der Waals surface area (Å²) in [5.41, 5.74) is 0. The van der Waals surface area contributed by atoms with Gasteiger partial charge >= 0.3 is 0 Å². The minimum Gasteiger partial charge on any atom is -0.250 e. The lowest BCUT2D eigenvalue weighted by molar-refractivity contribution is 0.207. The minimum absolute atomic E-state index is 1.02. The maximum Gasteiger partial charge on any atom is 0.0130 e. The third-order valence-electron chi connectivity index (χ3n) is 1.88. The van der Waals surface area contributed by atoms with Crippen molar-refractivity contribution in [2.75, 3.05) is 19.3 Å². The molecule has 0 atom stereocenters. The smallest absolute Gasteiger partial charge is 0.0130 e. The molecule has 0 aromatic carbocycles. The third-order valence-corrected chi connectivity index (χ3v) is 2.69. The summed E-state index contributed by atoms with van der Waals surface area (Å²) in [7, 11) is 0. The Hall–Kier alpha value is 0.310. The highest BCUT2D eigenvalue weighted by molar-refractivity contribution is 7.96. The molecule has 0 aromatic heterocycles. The van der Waals surface area contributed by atoms with E-state index in [0.29, 0.717) is 0 Å². The summed E-state index contributed by atoms with van der Waals surface area (Å²) in [4.78, 5) is 0. The monoisotopic (exact) mass is 175 g/mol. The van der Waals surface area contributed by atoms with E-state index in [0.717, 1.165) is 5.92 Å². The molecule has 0 bridgehead atoms. The summed E-state index contributed by atoms with van der Waals surface area (Å²) in [5, 5.41) is 0. The summed E-state index contributed by atoms with van der Waals surface area (Å²) >= 11 is 1.87. The molecule has 1 rings (SSSR count). The van der Waals surface area contributed by atoms with E-state index in [2.05, 4.69) is 17.5 Å². The molecule has 1 aliphatic heterocycles. The van der Waals surface area contributed by atoms with Gasteiger partial charge in [-0.05, 0) is 18.6 Å². The zero-order chi connectivity index (χ0) is 8.69. The standard InChI is InChI=1S/C7H15NS.C2H6/c1-3-4-7-5-8(6-7)9-2;1-2/h7H,3-6H2,1-2H3;1-2H3. The molecular weight excluding hydrogens is 154 g/mol. The predicted octanol–water partition coefficient (Wildman–Crippen LogP) is 3.02. The van der Waals surface area contributed by atoms with Crippen molar-refractivity contribution in [3.63, 3.8) is 0 Å². The SMILES string of the molecule is CC.CCCC1CN(SC)C1. The Morgan fingerprint density at radius 2 is 1.91 bits per heavy atom. The van der Waals surface area contributed by atoms with Crippen molar-refractivity contribution in [3.05, 3.63) is 0 Å². The van der Waals surface area contributed by atoms with E-state index in [1.165, 1.54) is 25.9 Å². The van der Waals surface area contributed by atoms with Gasteiger partial charge in [-0.1, -0.05) is 39.1 Å². The molecule has 0 amide bonds. The number of rotatable bonds is 3. The molecular formula is C9H21NS. The lowest BCUT2D eigenvalue weighted by atomic mass is 9.98. The van der Waals surface area contributed by atoms with Gasteiger partial charge in [0.1, 0.15) is 0 Å². The molecule has 1 heterocycles. The molecule has 2 heteroatoms. The van der Waals surface area contributed by atoms with Gasteiger partial charge < -0.3 is 0 Å². The Labute approximate surface area is 75.7 Å². The highest BCUT2D eigenvalue weighted by atomic mass is 32.2. The van der Waals surface area contributed by atoms with Gasteiger partial charge in [-0.15, -0.1) is 0 Å². The van der Waals surface area contributed by atoms with Crippen molar-refractivity contribution >= 4 is 11.9 Å². The molecule has 1 saturated heterocycles. The normalized spacial score (nSPS) is 18.5. The highest BCUT2D eigenvalue weighted by Crippen LogP contribution is 2.25. The lowest BCUT2D eigenvalue weighted by Crippen LogP contribution is -2.41. The Bertz CT molecular complexity index is 79.6. The van der Waals surface area contributed by atoms with Gasteiger partial charge in [0.2, 0.25) is 0 Å². The second-order valence-electron chi connectivity index (χ2n) is 2.68. The van der Waals surface area contributed by atoms with E-state index in [4.69, 9.17) is 0 Å². The summed E-state index contributed by atoms with van der Waals surface area (Å²) in [6, 6.07) is 0. The number of hydrogen-bond donors (Lipinski definition) is 0. The van der Waals surface area contributed by atoms with Crippen molar-refractivity contribution in [1.82, 2.24) is 4.31 Å². The van der Waals surface area contributed by atoms with Gasteiger partial charge in [-0.2, -0.15) is 0 Å². The Balaban J connectivity index is 0.000000461. The first-order valence-electron chi connectivity index (χ1n) is 4.66. The largest absolute Gasteiger partial charge is 0.250 e. The number of hydrogen-bond acceptors (Lipinski definition) is 2. The fraction of sp³-hybridized carbons (Fsp3) is 1.00. The molecule has 11 heavy (non-hydrogen) atoms. The van der Waals surface area contributed by atoms with Gasteiger partial charge in [0.15, 0.2) is 0 Å². The van der Waals surface area contributed by atoms with Crippen LogP contribution in [0.2, 0.25) is 0 Å². The summed E-state index contributed by atoms with van der Waals surface area (Å²) in [6.07, 6.45) is 4.94. The minimum atomic E-state index is 1.02. The van der Waals surface area contributed by atoms with Gasteiger partial charge in [0.25, 0.3) is 0 Å². The maximum absolute atomic E-state index is 2.42. The van der Waals surface area contributed by atoms with Crippen molar-refractivity contribution in [1.29, 1.82) is 0 Å². The first kappa shape index (κ1) is 11.3. The molecule has 0 unspecified atom stereocenters. The lowest BCUT2D eigenvalue weighted by Gasteiger charge is -2.37. The van der Waals surface area contributed by atoms with Crippen LogP contribution in [0.25, 0.3) is 0 Å². The second kappa shape index (κ2) is 6.99. The molecule has 1 fully saturated rings. The van der Waals surface area contributed by atoms with Crippen molar-refractivity contribution in [3.8, 4) is 0 Å². The van der Waals surface area contributed by atoms with Crippen LogP contribution in [0.15, 0.2) is 0 Å². The third kappa shape index (κ3) is 4.02. The summed E-state index contributed by atoms with van der Waals surface area (Å²) in [5.74, 6) is 1.02. The van der Waals surface area contributed by atoms with Crippen LogP contribution >= 0.6 is 11.9 Å². The first-order valence-corrected chi connectivity index (χ1v) is 5.84. The summed E-state index contributed by atoms with van der Waals surface area (Å²) < 4.78 is 2.42. The molecule has 0 saturated carbocycles. The van der Waals surface area contributed by atoms with Crippen molar-refractivity contribution < 1.29 is 0 Å². The first-order chi connectivity index (χ1) is 5.36. The number of nitrogens with zero attached hydrogens (tertiary/aromatic N) is 1. The van der Waals surface area contributed by atoms with Crippen LogP contribution in [0.5, 0.6) is 0 Å². The van der Waals surface area contributed by atoms with Gasteiger partial charge in [-0.25, -0.2) is 0 Å². The van der Waals surface area contributed by atoms with E-state index in [1.807, 2.05) is 25.8 Å². The Morgan fingerprint density at radius 1 is 1.36 bits per heavy atom. The van der Waals surface area contributed by atoms with Gasteiger partial charge in [0, 0.05) is 13.1 Å². The van der Waals surface area contributed by atoms with Crippen LogP contribution in [-0.2, 0) is 0 Å². The maximum atomic E-state index is 2.42. The van der Waals surface area contributed by atoms with Crippen LogP contribution in [0.3, 0.4) is 0 Å². The quantitative estimate of drug-likeness (QED) is 0.607. The van der Waals surface area contributed by atoms with Crippen LogP contribution in [0.4, 0.5) is 0 Å². The predicted molar refractivity (Wildman–Crippen MR) is 54.8 cm³/mol. The summed E-state index contributed by atoms with van der Waals surface area (Å²) in [6.45, 7) is 8.92. The van der Waals surface area contributed by atoms with E-state index in [1.54, 1.807) is 0 Å². The molecule has 1 nitrogen and oxygen atoms in total. The molecule has 1 aliphatic rings. The van der Waals surface area contributed by atoms with Gasteiger partial charge in [0.05, 0.1) is 0 Å².